The summed E-state index contributed by atoms with van der Waals surface area (Å²) in [6, 6.07) is 34.2. The van der Waals surface area contributed by atoms with Gasteiger partial charge in [0, 0.05) is 48.5 Å². The summed E-state index contributed by atoms with van der Waals surface area (Å²) >= 11 is 0. The van der Waals surface area contributed by atoms with Crippen LogP contribution in [-0.2, 0) is 38.4 Å². The van der Waals surface area contributed by atoms with Crippen molar-refractivity contribution in [2.75, 3.05) is 26.7 Å². The monoisotopic (exact) mass is 1220 g/mol. The summed E-state index contributed by atoms with van der Waals surface area (Å²) in [5.74, 6) is 8.63. The molecule has 6 aliphatic heterocycles. The van der Waals surface area contributed by atoms with E-state index in [0.717, 1.165) is 180 Å². The van der Waals surface area contributed by atoms with E-state index in [1.807, 2.05) is 12.1 Å². The van der Waals surface area contributed by atoms with E-state index in [1.54, 1.807) is 6.07 Å². The number of allylic oxidation sites excluding steroid dienone is 5. The van der Waals surface area contributed by atoms with Crippen molar-refractivity contribution >= 4 is 17.5 Å². The molecule has 4 aromatic rings. The molecule has 7 N–H and O–H groups in total. The zero-order valence-corrected chi connectivity index (χ0v) is 53.8. The second-order valence-electron chi connectivity index (χ2n) is 30.1. The lowest BCUT2D eigenvalue weighted by atomic mass is 9.44. The first-order valence-electron chi connectivity index (χ1n) is 35.5. The maximum Gasteiger partial charge on any atom is 0.340 e. The van der Waals surface area contributed by atoms with E-state index < -0.39 is 16.6 Å². The molecular weight excluding hydrogens is 1130 g/mol. The Hall–Kier alpha value is -6.10. The van der Waals surface area contributed by atoms with Crippen LogP contribution in [0.15, 0.2) is 137 Å². The molecule has 4 aromatic carbocycles. The number of esters is 2. The molecule has 91 heavy (non-hydrogen) atoms. The third kappa shape index (κ3) is 11.1. The van der Waals surface area contributed by atoms with Gasteiger partial charge in [-0.25, -0.2) is 9.59 Å². The zero-order chi connectivity index (χ0) is 62.1. The first kappa shape index (κ1) is 61.1. The molecule has 1 spiro atoms. The number of fused-ring (bicyclic) bond motifs is 5. The Labute approximate surface area is 539 Å². The van der Waals surface area contributed by atoms with Crippen LogP contribution in [0.4, 0.5) is 0 Å². The second-order valence-corrected chi connectivity index (χ2v) is 30.1. The fraction of sp³-hybridized carbons (Fsp3) is 0.550. The number of rotatable bonds is 8. The number of hydrogen-bond donors (Lipinski definition) is 7. The number of aliphatic hydroxyl groups is 2. The molecule has 6 heterocycles. The summed E-state index contributed by atoms with van der Waals surface area (Å²) in [5, 5.41) is 53.3. The van der Waals surface area contributed by atoms with Crippen molar-refractivity contribution in [2.24, 2.45) is 64.1 Å². The van der Waals surface area contributed by atoms with Gasteiger partial charge < -0.3 is 46.1 Å². The zero-order valence-electron chi connectivity index (χ0n) is 53.8. The van der Waals surface area contributed by atoms with Crippen LogP contribution in [0.25, 0.3) is 16.7 Å². The minimum atomic E-state index is -1.01. The van der Waals surface area contributed by atoms with Gasteiger partial charge >= 0.3 is 11.9 Å². The van der Waals surface area contributed by atoms with Crippen LogP contribution in [0.2, 0.25) is 0 Å². The lowest BCUT2D eigenvalue weighted by Crippen LogP contribution is -2.52. The molecule has 11 nitrogen and oxygen atoms in total. The lowest BCUT2D eigenvalue weighted by Gasteiger charge is -2.56. The standard InChI is InChI=1S/C80H96N4O7/c1-3-50(39-51-15-6-4-7-16-51)42-68-80-36-28-62-63-26-27-64-67(90-75(86)71(64)72(63)80)29-35-77(58-31-38-83-69(44-58)81-2)46-56-43-59(78(88)32-10-5-11-33-78)23-14-34-79(89,57-21-8-9-22-57)49-84-74(66(56)47-77)55-20-12-17-52(40-55)30-37-82-48-53-18-13-19-54(41-53)61-25-24-60(85)45-65(61)70(62)73(80)76(87)91-68/h4,6-7,12-13,15-20,24-25,29,40-42,45,50,56-59,62-63,66,69,72,74,81-85,88-89H,3,5,8-11,21-22,26-28,30-39,43-44,46-49H2,1-2H3. The smallest absolute Gasteiger partial charge is 0.340 e. The molecule has 13 unspecified atom stereocenters. The topological polar surface area (TPSA) is 161 Å². The molecule has 11 heteroatoms. The number of carbonyl (C=O) groups excluding carboxylic acids is 2. The van der Waals surface area contributed by atoms with Crippen LogP contribution in [0.1, 0.15) is 176 Å². The second kappa shape index (κ2) is 25.0. The average molecular weight is 1230 g/mol. The van der Waals surface area contributed by atoms with Gasteiger partial charge in [-0.1, -0.05) is 130 Å². The van der Waals surface area contributed by atoms with Crippen LogP contribution < -0.4 is 21.3 Å². The highest BCUT2D eigenvalue weighted by molar-refractivity contribution is 6.07. The molecule has 478 valence electrons. The van der Waals surface area contributed by atoms with Crippen molar-refractivity contribution in [3.63, 3.8) is 0 Å². The van der Waals surface area contributed by atoms with E-state index in [9.17, 15) is 15.3 Å². The van der Waals surface area contributed by atoms with Crippen molar-refractivity contribution in [3.05, 3.63) is 165 Å². The highest BCUT2D eigenvalue weighted by atomic mass is 16.6. The highest BCUT2D eigenvalue weighted by Crippen LogP contribution is 2.73. The number of hydrogen-bond acceptors (Lipinski definition) is 11. The van der Waals surface area contributed by atoms with Gasteiger partial charge in [0.05, 0.1) is 28.4 Å². The van der Waals surface area contributed by atoms with E-state index >= 15 is 9.59 Å². The molecule has 6 fully saturated rings. The number of cyclic esters (lactones) is 1. The number of β-amino-alcohol motifs (C(OH)–C–C–N with tert-alkyl or cyclic N) is 1. The maximum absolute atomic E-state index is 15.6. The molecular formula is C80H96N4O7. The molecule has 0 aromatic heterocycles. The number of ether oxygens (including phenoxy) is 2. The van der Waals surface area contributed by atoms with E-state index in [1.165, 1.54) is 16.7 Å². The first-order valence-corrected chi connectivity index (χ1v) is 35.5. The SMILES string of the molecule is CCC(C=C1OC(=O)C2=C3c4cc(O)ccc4-c4cccc(c4)CNCCc4cccc(c4)C4NCC(O)(C5CCCC5)CC#CC(C5(O)CCCCC5)CC5CC(C6CCNC(NC)C6)(CC=C6OC(=O)C7=C6CCC6C3CCC12C76)CC54)Cc1ccccc1. The number of aromatic hydroxyl groups is 1. The lowest BCUT2D eigenvalue weighted by molar-refractivity contribution is -0.135. The molecule has 0 amide bonds. The van der Waals surface area contributed by atoms with Crippen molar-refractivity contribution < 1.29 is 34.4 Å². The van der Waals surface area contributed by atoms with E-state index in [4.69, 9.17) is 9.47 Å². The molecule has 0 radical (unpaired) electrons. The number of piperidine rings is 1. The van der Waals surface area contributed by atoms with Gasteiger partial charge in [0.15, 0.2) is 0 Å². The Bertz CT molecular complexity index is 3640. The number of phenolic OH excluding ortho intramolecular Hbond substituents is 1. The first-order chi connectivity index (χ1) is 44.4. The van der Waals surface area contributed by atoms with Gasteiger partial charge in [-0.05, 0) is 251 Å². The fourth-order valence-corrected chi connectivity index (χ4v) is 20.8. The van der Waals surface area contributed by atoms with E-state index in [-0.39, 0.29) is 82.7 Å². The quantitative estimate of drug-likeness (QED) is 0.0664. The summed E-state index contributed by atoms with van der Waals surface area (Å²) in [4.78, 5) is 31.1. The molecule has 13 aliphatic rings. The third-order valence-corrected chi connectivity index (χ3v) is 25.3. The summed E-state index contributed by atoms with van der Waals surface area (Å²) in [7, 11) is 2.07. The summed E-state index contributed by atoms with van der Waals surface area (Å²) in [6.45, 7) is 4.99. The Kier molecular flexibility index (Phi) is 16.8. The van der Waals surface area contributed by atoms with E-state index in [0.29, 0.717) is 55.4 Å². The molecule has 2 saturated heterocycles. The van der Waals surface area contributed by atoms with Crippen LogP contribution in [0, 0.1) is 75.9 Å². The van der Waals surface area contributed by atoms with Gasteiger partial charge in [-0.2, -0.15) is 0 Å². The van der Waals surface area contributed by atoms with Gasteiger partial charge in [-0.15, -0.1) is 0 Å². The summed E-state index contributed by atoms with van der Waals surface area (Å²) in [6.07, 6.45) is 24.8. The molecule has 7 aliphatic carbocycles. The minimum Gasteiger partial charge on any atom is -0.508 e. The highest BCUT2D eigenvalue weighted by Gasteiger charge is 2.69. The van der Waals surface area contributed by atoms with Crippen LogP contribution >= 0.6 is 0 Å². The van der Waals surface area contributed by atoms with Gasteiger partial charge in [0.1, 0.15) is 17.3 Å². The van der Waals surface area contributed by atoms with Gasteiger partial charge in [0.25, 0.3) is 0 Å². The number of phenols is 1. The van der Waals surface area contributed by atoms with Crippen molar-refractivity contribution in [3.8, 4) is 28.7 Å². The Morgan fingerprint density at radius 1 is 0.747 bits per heavy atom. The third-order valence-electron chi connectivity index (χ3n) is 25.3. The normalized spacial score (nSPS) is 34.7. The van der Waals surface area contributed by atoms with Crippen molar-refractivity contribution in [2.45, 2.75) is 185 Å². The fourth-order valence-electron chi connectivity index (χ4n) is 20.8. The number of nitrogens with one attached hydrogen (secondary N) is 4. The van der Waals surface area contributed by atoms with Gasteiger partial charge in [0.2, 0.25) is 0 Å². The van der Waals surface area contributed by atoms with Crippen molar-refractivity contribution in [1.29, 1.82) is 0 Å². The Balaban J connectivity index is 0.907. The number of benzene rings is 4. The number of carbonyl (C=O) groups is 2. The molecule has 13 atom stereocenters. The Morgan fingerprint density at radius 3 is 2.42 bits per heavy atom. The minimum absolute atomic E-state index is 0.0110. The maximum atomic E-state index is 15.6. The van der Waals surface area contributed by atoms with E-state index in [2.05, 4.69) is 138 Å². The van der Waals surface area contributed by atoms with Gasteiger partial charge in [-0.3, -0.25) is 0 Å². The molecule has 14 bridgehead atoms. The Morgan fingerprint density at radius 2 is 1.58 bits per heavy atom. The van der Waals surface area contributed by atoms with Crippen LogP contribution in [0.5, 0.6) is 5.75 Å². The molecule has 4 saturated carbocycles. The average Bonchev–Trinajstić information content (AvgIpc) is 1.61. The predicted molar refractivity (Wildman–Crippen MR) is 356 cm³/mol. The summed E-state index contributed by atoms with van der Waals surface area (Å²) in [5.41, 5.74) is 8.03. The predicted octanol–water partition coefficient (Wildman–Crippen LogP) is 13.7. The molecule has 17 rings (SSSR count). The van der Waals surface area contributed by atoms with Crippen molar-refractivity contribution in [1.82, 2.24) is 21.3 Å². The largest absolute Gasteiger partial charge is 0.508 e. The van der Waals surface area contributed by atoms with Crippen LogP contribution in [-0.4, -0.2) is 71.3 Å². The summed E-state index contributed by atoms with van der Waals surface area (Å²) < 4.78 is 13.7. The van der Waals surface area contributed by atoms with Crippen LogP contribution in [0.3, 0.4) is 0 Å².